The molecule has 0 radical (unpaired) electrons. The van der Waals surface area contributed by atoms with Gasteiger partial charge >= 0.3 is 0 Å². The van der Waals surface area contributed by atoms with Gasteiger partial charge in [0.25, 0.3) is 5.91 Å². The molecule has 27 heavy (non-hydrogen) atoms. The summed E-state index contributed by atoms with van der Waals surface area (Å²) in [7, 11) is 0. The standard InChI is InChI=1S/C22H16ClN3O/c1-14-4-6-15(7-5-14)21-12-19(18-11-16(23)8-9-20(18)26-21)22(27)25-17-3-2-10-24-13-17/h2-13H,1H3,(H,25,27). The van der Waals surface area contributed by atoms with Crippen molar-refractivity contribution in [3.8, 4) is 11.3 Å². The van der Waals surface area contributed by atoms with Gasteiger partial charge in [0, 0.05) is 22.2 Å². The molecule has 2 aromatic heterocycles. The van der Waals surface area contributed by atoms with E-state index in [0.717, 1.165) is 11.3 Å². The number of nitrogens with one attached hydrogen (secondary N) is 1. The molecule has 0 saturated heterocycles. The fraction of sp³-hybridized carbons (Fsp3) is 0.0455. The molecule has 1 N–H and O–H groups in total. The molecular formula is C22H16ClN3O. The number of halogens is 1. The number of benzene rings is 2. The van der Waals surface area contributed by atoms with Crippen molar-refractivity contribution < 1.29 is 4.79 Å². The van der Waals surface area contributed by atoms with Crippen molar-refractivity contribution in [2.75, 3.05) is 5.32 Å². The van der Waals surface area contributed by atoms with E-state index >= 15 is 0 Å². The van der Waals surface area contributed by atoms with Gasteiger partial charge in [-0.2, -0.15) is 0 Å². The van der Waals surface area contributed by atoms with Crippen LogP contribution in [0.4, 0.5) is 5.69 Å². The number of aromatic nitrogens is 2. The number of hydrogen-bond donors (Lipinski definition) is 1. The van der Waals surface area contributed by atoms with Crippen LogP contribution in [0, 0.1) is 6.92 Å². The number of rotatable bonds is 3. The minimum absolute atomic E-state index is 0.231. The monoisotopic (exact) mass is 373 g/mol. The van der Waals surface area contributed by atoms with Crippen LogP contribution in [0.5, 0.6) is 0 Å². The van der Waals surface area contributed by atoms with Gasteiger partial charge in [-0.1, -0.05) is 41.4 Å². The molecule has 2 aromatic carbocycles. The number of hydrogen-bond acceptors (Lipinski definition) is 3. The number of carbonyl (C=O) groups excluding carboxylic acids is 1. The third-order valence-electron chi connectivity index (χ3n) is 4.28. The summed E-state index contributed by atoms with van der Waals surface area (Å²) >= 11 is 6.16. The Morgan fingerprint density at radius 2 is 1.85 bits per heavy atom. The highest BCUT2D eigenvalue weighted by molar-refractivity contribution is 6.31. The quantitative estimate of drug-likeness (QED) is 0.515. The van der Waals surface area contributed by atoms with E-state index in [-0.39, 0.29) is 5.91 Å². The number of aryl methyl sites for hydroxylation is 1. The van der Waals surface area contributed by atoms with Crippen LogP contribution in [0.1, 0.15) is 15.9 Å². The third kappa shape index (κ3) is 3.66. The second-order valence-corrected chi connectivity index (χ2v) is 6.71. The number of amides is 1. The maximum Gasteiger partial charge on any atom is 0.256 e. The van der Waals surface area contributed by atoms with E-state index < -0.39 is 0 Å². The second-order valence-electron chi connectivity index (χ2n) is 6.28. The molecule has 0 spiro atoms. The second kappa shape index (κ2) is 7.17. The number of carbonyl (C=O) groups is 1. The van der Waals surface area contributed by atoms with E-state index in [1.54, 1.807) is 42.7 Å². The number of pyridine rings is 2. The van der Waals surface area contributed by atoms with Crippen molar-refractivity contribution in [3.05, 3.63) is 89.2 Å². The van der Waals surface area contributed by atoms with E-state index in [2.05, 4.69) is 10.3 Å². The summed E-state index contributed by atoms with van der Waals surface area (Å²) in [5.41, 5.74) is 4.72. The highest BCUT2D eigenvalue weighted by atomic mass is 35.5. The number of nitrogens with zero attached hydrogens (tertiary/aromatic N) is 2. The summed E-state index contributed by atoms with van der Waals surface area (Å²) in [5, 5.41) is 4.15. The average Bonchev–Trinajstić information content (AvgIpc) is 2.68. The number of fused-ring (bicyclic) bond motifs is 1. The minimum atomic E-state index is -0.231. The van der Waals surface area contributed by atoms with Crippen molar-refractivity contribution in [1.82, 2.24) is 9.97 Å². The molecular weight excluding hydrogens is 358 g/mol. The maximum absolute atomic E-state index is 13.0. The lowest BCUT2D eigenvalue weighted by atomic mass is 10.0. The first-order valence-corrected chi connectivity index (χ1v) is 8.87. The Kier molecular flexibility index (Phi) is 4.57. The lowest BCUT2D eigenvalue weighted by Crippen LogP contribution is -2.13. The summed E-state index contributed by atoms with van der Waals surface area (Å²) in [4.78, 5) is 21.7. The van der Waals surface area contributed by atoms with E-state index in [4.69, 9.17) is 16.6 Å². The first-order chi connectivity index (χ1) is 13.1. The summed E-state index contributed by atoms with van der Waals surface area (Å²) in [6.45, 7) is 2.03. The molecule has 132 valence electrons. The fourth-order valence-corrected chi connectivity index (χ4v) is 3.07. The van der Waals surface area contributed by atoms with E-state index in [1.807, 2.05) is 37.3 Å². The van der Waals surface area contributed by atoms with Gasteiger partial charge in [0.15, 0.2) is 0 Å². The van der Waals surface area contributed by atoms with E-state index in [1.165, 1.54) is 5.56 Å². The molecule has 4 nitrogen and oxygen atoms in total. The normalized spacial score (nSPS) is 10.7. The lowest BCUT2D eigenvalue weighted by Gasteiger charge is -2.11. The average molecular weight is 374 g/mol. The molecule has 4 rings (SSSR count). The molecule has 0 atom stereocenters. The smallest absolute Gasteiger partial charge is 0.256 e. The Labute approximate surface area is 161 Å². The third-order valence-corrected chi connectivity index (χ3v) is 4.52. The van der Waals surface area contributed by atoms with Crippen molar-refractivity contribution in [3.63, 3.8) is 0 Å². The summed E-state index contributed by atoms with van der Waals surface area (Å²) in [6.07, 6.45) is 3.27. The van der Waals surface area contributed by atoms with Crippen molar-refractivity contribution in [1.29, 1.82) is 0 Å². The molecule has 2 heterocycles. The zero-order valence-electron chi connectivity index (χ0n) is 14.6. The van der Waals surface area contributed by atoms with Crippen LogP contribution < -0.4 is 5.32 Å². The van der Waals surface area contributed by atoms with Crippen LogP contribution in [0.2, 0.25) is 5.02 Å². The largest absolute Gasteiger partial charge is 0.321 e. The highest BCUT2D eigenvalue weighted by Gasteiger charge is 2.15. The Balaban J connectivity index is 1.84. The maximum atomic E-state index is 13.0. The van der Waals surface area contributed by atoms with Gasteiger partial charge < -0.3 is 5.32 Å². The Bertz CT molecular complexity index is 1130. The molecule has 0 saturated carbocycles. The van der Waals surface area contributed by atoms with Crippen LogP contribution in [0.15, 0.2) is 73.1 Å². The van der Waals surface area contributed by atoms with Gasteiger partial charge in [-0.25, -0.2) is 4.98 Å². The summed E-state index contributed by atoms with van der Waals surface area (Å²) < 4.78 is 0. The van der Waals surface area contributed by atoms with Crippen molar-refractivity contribution in [2.24, 2.45) is 0 Å². The summed E-state index contributed by atoms with van der Waals surface area (Å²) in [5.74, 6) is -0.231. The van der Waals surface area contributed by atoms with Crippen LogP contribution >= 0.6 is 11.6 Å². The van der Waals surface area contributed by atoms with Crippen LogP contribution in [-0.2, 0) is 0 Å². The van der Waals surface area contributed by atoms with E-state index in [0.29, 0.717) is 27.2 Å². The molecule has 5 heteroatoms. The predicted octanol–water partition coefficient (Wildman–Crippen LogP) is 5.51. The number of anilines is 1. The van der Waals surface area contributed by atoms with Gasteiger partial charge in [-0.05, 0) is 43.3 Å². The SMILES string of the molecule is Cc1ccc(-c2cc(C(=O)Nc3cccnc3)c3cc(Cl)ccc3n2)cc1. The van der Waals surface area contributed by atoms with Crippen molar-refractivity contribution in [2.45, 2.75) is 6.92 Å². The van der Waals surface area contributed by atoms with Crippen molar-refractivity contribution >= 4 is 34.1 Å². The summed E-state index contributed by atoms with van der Waals surface area (Å²) in [6, 6.07) is 18.8. The molecule has 0 fully saturated rings. The molecule has 4 aromatic rings. The van der Waals surface area contributed by atoms with Gasteiger partial charge in [-0.3, -0.25) is 9.78 Å². The predicted molar refractivity (Wildman–Crippen MR) is 109 cm³/mol. The first-order valence-electron chi connectivity index (χ1n) is 8.49. The highest BCUT2D eigenvalue weighted by Crippen LogP contribution is 2.28. The Morgan fingerprint density at radius 3 is 2.59 bits per heavy atom. The first kappa shape index (κ1) is 17.2. The Hall–Kier alpha value is -3.24. The Morgan fingerprint density at radius 1 is 1.04 bits per heavy atom. The topological polar surface area (TPSA) is 54.9 Å². The van der Waals surface area contributed by atoms with Crippen LogP contribution in [-0.4, -0.2) is 15.9 Å². The lowest BCUT2D eigenvalue weighted by molar-refractivity contribution is 0.102. The molecule has 0 bridgehead atoms. The van der Waals surface area contributed by atoms with Gasteiger partial charge in [0.2, 0.25) is 0 Å². The molecule has 0 unspecified atom stereocenters. The van der Waals surface area contributed by atoms with Crippen LogP contribution in [0.25, 0.3) is 22.2 Å². The molecule has 0 aliphatic carbocycles. The molecule has 0 aliphatic rings. The molecule has 0 aliphatic heterocycles. The molecule has 1 amide bonds. The van der Waals surface area contributed by atoms with Crippen LogP contribution in [0.3, 0.4) is 0 Å². The van der Waals surface area contributed by atoms with Gasteiger partial charge in [0.05, 0.1) is 28.7 Å². The fourth-order valence-electron chi connectivity index (χ4n) is 2.89. The zero-order valence-corrected chi connectivity index (χ0v) is 15.4. The van der Waals surface area contributed by atoms with E-state index in [9.17, 15) is 4.79 Å². The van der Waals surface area contributed by atoms with Gasteiger partial charge in [-0.15, -0.1) is 0 Å². The zero-order chi connectivity index (χ0) is 18.8. The minimum Gasteiger partial charge on any atom is -0.321 e. The van der Waals surface area contributed by atoms with Gasteiger partial charge in [0.1, 0.15) is 0 Å².